The standard InChI is InChI=1S/C15H19N3O2S/c1-10-6-4-7-11(2)14(10)20-9-5-8-13(19)17-15-16-12(3)18-21-15/h4,6-7H,5,8-9H2,1-3H3,(H,16,17,18,19). The van der Waals surface area contributed by atoms with E-state index in [9.17, 15) is 4.79 Å². The average molecular weight is 305 g/mol. The summed E-state index contributed by atoms with van der Waals surface area (Å²) in [6.07, 6.45) is 1.07. The van der Waals surface area contributed by atoms with Crippen molar-refractivity contribution in [2.24, 2.45) is 0 Å². The molecule has 0 spiro atoms. The van der Waals surface area contributed by atoms with Gasteiger partial charge in [-0.1, -0.05) is 18.2 Å². The quantitative estimate of drug-likeness (QED) is 0.832. The number of hydrogen-bond donors (Lipinski definition) is 1. The molecule has 0 fully saturated rings. The Bertz CT molecular complexity index is 605. The predicted molar refractivity (Wildman–Crippen MR) is 83.9 cm³/mol. The molecule has 2 aromatic rings. The van der Waals surface area contributed by atoms with Gasteiger partial charge in [0, 0.05) is 18.0 Å². The molecular weight excluding hydrogens is 286 g/mol. The van der Waals surface area contributed by atoms with Gasteiger partial charge >= 0.3 is 0 Å². The van der Waals surface area contributed by atoms with E-state index in [4.69, 9.17) is 4.74 Å². The summed E-state index contributed by atoms with van der Waals surface area (Å²) in [6, 6.07) is 6.05. The molecule has 0 aliphatic rings. The van der Waals surface area contributed by atoms with Crippen molar-refractivity contribution in [3.63, 3.8) is 0 Å². The fraction of sp³-hybridized carbons (Fsp3) is 0.400. The van der Waals surface area contributed by atoms with Crippen molar-refractivity contribution in [2.75, 3.05) is 11.9 Å². The molecular formula is C15H19N3O2S. The molecule has 1 heterocycles. The van der Waals surface area contributed by atoms with Gasteiger partial charge in [0.15, 0.2) is 0 Å². The van der Waals surface area contributed by atoms with Crippen LogP contribution in [0.4, 0.5) is 5.13 Å². The first-order chi connectivity index (χ1) is 10.1. The molecule has 1 aromatic heterocycles. The third kappa shape index (κ3) is 4.53. The average Bonchev–Trinajstić information content (AvgIpc) is 2.82. The van der Waals surface area contributed by atoms with Crippen LogP contribution in [0.2, 0.25) is 0 Å². The van der Waals surface area contributed by atoms with Gasteiger partial charge in [-0.2, -0.15) is 4.37 Å². The van der Waals surface area contributed by atoms with Crippen molar-refractivity contribution in [1.82, 2.24) is 9.36 Å². The summed E-state index contributed by atoms with van der Waals surface area (Å²) in [5.41, 5.74) is 2.23. The summed E-state index contributed by atoms with van der Waals surface area (Å²) in [6.45, 7) is 6.36. The molecule has 0 saturated carbocycles. The highest BCUT2D eigenvalue weighted by Crippen LogP contribution is 2.22. The Morgan fingerprint density at radius 1 is 1.29 bits per heavy atom. The Kier molecular flexibility index (Phi) is 5.27. The number of anilines is 1. The van der Waals surface area contributed by atoms with Gasteiger partial charge in [0.2, 0.25) is 11.0 Å². The van der Waals surface area contributed by atoms with Crippen LogP contribution in [0.1, 0.15) is 29.8 Å². The predicted octanol–water partition coefficient (Wildman–Crippen LogP) is 3.26. The Hall–Kier alpha value is -1.95. The number of para-hydroxylation sites is 1. The number of nitrogens with zero attached hydrogens (tertiary/aromatic N) is 2. The normalized spacial score (nSPS) is 10.4. The number of ether oxygens (including phenoxy) is 1. The van der Waals surface area contributed by atoms with Gasteiger partial charge < -0.3 is 10.1 Å². The molecule has 0 radical (unpaired) electrons. The molecule has 6 heteroatoms. The highest BCUT2D eigenvalue weighted by molar-refractivity contribution is 7.09. The Morgan fingerprint density at radius 2 is 2.00 bits per heavy atom. The second kappa shape index (κ2) is 7.17. The summed E-state index contributed by atoms with van der Waals surface area (Å²) < 4.78 is 9.78. The van der Waals surface area contributed by atoms with E-state index < -0.39 is 0 Å². The second-order valence-electron chi connectivity index (χ2n) is 4.87. The third-order valence-corrected chi connectivity index (χ3v) is 3.70. The molecule has 0 atom stereocenters. The number of aromatic nitrogens is 2. The van der Waals surface area contributed by atoms with E-state index in [1.807, 2.05) is 32.0 Å². The molecule has 1 aromatic carbocycles. The number of benzene rings is 1. The number of carbonyl (C=O) groups is 1. The van der Waals surface area contributed by atoms with Crippen LogP contribution >= 0.6 is 11.5 Å². The number of amides is 1. The molecule has 0 aliphatic carbocycles. The highest BCUT2D eigenvalue weighted by Gasteiger charge is 2.07. The van der Waals surface area contributed by atoms with Crippen LogP contribution in [-0.2, 0) is 4.79 Å². The Labute approximate surface area is 128 Å². The Balaban J connectivity index is 1.73. The van der Waals surface area contributed by atoms with Gasteiger partial charge in [-0.15, -0.1) is 0 Å². The molecule has 1 amide bonds. The fourth-order valence-corrected chi connectivity index (χ4v) is 2.56. The van der Waals surface area contributed by atoms with Gasteiger partial charge in [-0.25, -0.2) is 4.98 Å². The zero-order valence-electron chi connectivity index (χ0n) is 12.5. The lowest BCUT2D eigenvalue weighted by molar-refractivity contribution is -0.116. The number of aryl methyl sites for hydroxylation is 3. The van der Waals surface area contributed by atoms with Crippen molar-refractivity contribution in [3.05, 3.63) is 35.2 Å². The molecule has 0 bridgehead atoms. The first kappa shape index (κ1) is 15.4. The molecule has 0 aliphatic heterocycles. The maximum absolute atomic E-state index is 11.7. The highest BCUT2D eigenvalue weighted by atomic mass is 32.1. The topological polar surface area (TPSA) is 64.1 Å². The molecule has 5 nitrogen and oxygen atoms in total. The summed E-state index contributed by atoms with van der Waals surface area (Å²) in [5, 5.41) is 3.28. The van der Waals surface area contributed by atoms with Crippen LogP contribution in [0.5, 0.6) is 5.75 Å². The van der Waals surface area contributed by atoms with Crippen molar-refractivity contribution in [2.45, 2.75) is 33.6 Å². The monoisotopic (exact) mass is 305 g/mol. The van der Waals surface area contributed by atoms with Crippen molar-refractivity contribution < 1.29 is 9.53 Å². The third-order valence-electron chi connectivity index (χ3n) is 2.98. The second-order valence-corrected chi connectivity index (χ2v) is 5.62. The molecule has 0 unspecified atom stereocenters. The van der Waals surface area contributed by atoms with Crippen LogP contribution in [0, 0.1) is 20.8 Å². The van der Waals surface area contributed by atoms with Crippen molar-refractivity contribution >= 4 is 22.6 Å². The van der Waals surface area contributed by atoms with Gasteiger partial charge in [0.05, 0.1) is 6.61 Å². The number of rotatable bonds is 6. The minimum absolute atomic E-state index is 0.0590. The largest absolute Gasteiger partial charge is 0.493 e. The van der Waals surface area contributed by atoms with E-state index in [2.05, 4.69) is 14.7 Å². The van der Waals surface area contributed by atoms with Gasteiger partial charge in [0.25, 0.3) is 0 Å². The van der Waals surface area contributed by atoms with Crippen LogP contribution < -0.4 is 10.1 Å². The molecule has 0 saturated heterocycles. The van der Waals surface area contributed by atoms with E-state index in [-0.39, 0.29) is 5.91 Å². The molecule has 21 heavy (non-hydrogen) atoms. The SMILES string of the molecule is Cc1nsc(NC(=O)CCCOc2c(C)cccc2C)n1. The van der Waals surface area contributed by atoms with Crippen molar-refractivity contribution in [3.8, 4) is 5.75 Å². The summed E-state index contributed by atoms with van der Waals surface area (Å²) in [4.78, 5) is 15.8. The van der Waals surface area contributed by atoms with Crippen LogP contribution in [0.15, 0.2) is 18.2 Å². The Morgan fingerprint density at radius 3 is 2.62 bits per heavy atom. The summed E-state index contributed by atoms with van der Waals surface area (Å²) in [7, 11) is 0. The van der Waals surface area contributed by atoms with Crippen LogP contribution in [0.3, 0.4) is 0 Å². The number of nitrogens with one attached hydrogen (secondary N) is 1. The first-order valence-corrected chi connectivity index (χ1v) is 7.63. The van der Waals surface area contributed by atoms with Gasteiger partial charge in [0.1, 0.15) is 11.6 Å². The summed E-state index contributed by atoms with van der Waals surface area (Å²) in [5.74, 6) is 1.53. The van der Waals surface area contributed by atoms with Crippen molar-refractivity contribution in [1.29, 1.82) is 0 Å². The van der Waals surface area contributed by atoms with Gasteiger partial charge in [-0.05, 0) is 38.3 Å². The molecule has 1 N–H and O–H groups in total. The van der Waals surface area contributed by atoms with E-state index in [1.165, 1.54) is 11.5 Å². The van der Waals surface area contributed by atoms with E-state index in [0.29, 0.717) is 30.4 Å². The lowest BCUT2D eigenvalue weighted by atomic mass is 10.1. The zero-order valence-corrected chi connectivity index (χ0v) is 13.3. The van der Waals surface area contributed by atoms with E-state index in [0.717, 1.165) is 16.9 Å². The summed E-state index contributed by atoms with van der Waals surface area (Å²) >= 11 is 1.19. The number of carbonyl (C=O) groups excluding carboxylic acids is 1. The smallest absolute Gasteiger partial charge is 0.226 e. The minimum Gasteiger partial charge on any atom is -0.493 e. The number of hydrogen-bond acceptors (Lipinski definition) is 5. The van der Waals surface area contributed by atoms with E-state index >= 15 is 0 Å². The van der Waals surface area contributed by atoms with Crippen LogP contribution in [0.25, 0.3) is 0 Å². The minimum atomic E-state index is -0.0590. The van der Waals surface area contributed by atoms with E-state index in [1.54, 1.807) is 6.92 Å². The van der Waals surface area contributed by atoms with Crippen LogP contribution in [-0.4, -0.2) is 21.9 Å². The fourth-order valence-electron chi connectivity index (χ4n) is 1.96. The first-order valence-electron chi connectivity index (χ1n) is 6.85. The maximum atomic E-state index is 11.7. The lowest BCUT2D eigenvalue weighted by Crippen LogP contribution is -2.13. The lowest BCUT2D eigenvalue weighted by Gasteiger charge is -2.11. The maximum Gasteiger partial charge on any atom is 0.226 e. The van der Waals surface area contributed by atoms with Gasteiger partial charge in [-0.3, -0.25) is 4.79 Å². The zero-order chi connectivity index (χ0) is 15.2. The molecule has 112 valence electrons. The molecule has 2 rings (SSSR count).